The van der Waals surface area contributed by atoms with E-state index in [1.165, 1.54) is 0 Å². The van der Waals surface area contributed by atoms with Gasteiger partial charge in [0.15, 0.2) is 0 Å². The number of aromatic nitrogens is 1. The molecule has 1 aliphatic rings. The lowest BCUT2D eigenvalue weighted by Crippen LogP contribution is -2.37. The minimum absolute atomic E-state index is 0.204. The van der Waals surface area contributed by atoms with Gasteiger partial charge in [-0.15, -0.1) is 0 Å². The lowest BCUT2D eigenvalue weighted by Gasteiger charge is -2.26. The first-order valence-electron chi connectivity index (χ1n) is 8.00. The molecular weight excluding hydrogens is 278 g/mol. The summed E-state index contributed by atoms with van der Waals surface area (Å²) in [5, 5.41) is 3.51. The second-order valence-corrected chi connectivity index (χ2v) is 6.93. The van der Waals surface area contributed by atoms with Gasteiger partial charge in [0, 0.05) is 24.8 Å². The van der Waals surface area contributed by atoms with Crippen molar-refractivity contribution in [2.45, 2.75) is 58.6 Å². The number of nitrogens with zero attached hydrogens (tertiary/aromatic N) is 2. The van der Waals surface area contributed by atoms with E-state index in [0.717, 1.165) is 43.7 Å². The predicted molar refractivity (Wildman–Crippen MR) is 88.0 cm³/mol. The molecular formula is C17H27N3O2. The Morgan fingerprint density at radius 2 is 2.09 bits per heavy atom. The number of amides is 1. The van der Waals surface area contributed by atoms with Crippen LogP contribution in [-0.4, -0.2) is 40.7 Å². The number of rotatable bonds is 2. The SMILES string of the molecule is Cc1ccc(NC2CCCN(C(=O)OC(C)(C)C)CC2)cn1. The van der Waals surface area contributed by atoms with E-state index in [9.17, 15) is 4.79 Å². The molecule has 1 saturated heterocycles. The van der Waals surface area contributed by atoms with Gasteiger partial charge in [-0.05, 0) is 59.1 Å². The minimum Gasteiger partial charge on any atom is -0.444 e. The molecule has 1 aromatic rings. The highest BCUT2D eigenvalue weighted by Crippen LogP contribution is 2.18. The first-order chi connectivity index (χ1) is 10.3. The third kappa shape index (κ3) is 5.20. The summed E-state index contributed by atoms with van der Waals surface area (Å²) in [7, 11) is 0. The molecule has 1 aliphatic heterocycles. The van der Waals surface area contributed by atoms with E-state index in [2.05, 4.69) is 16.4 Å². The lowest BCUT2D eigenvalue weighted by atomic mass is 10.1. The molecule has 0 saturated carbocycles. The van der Waals surface area contributed by atoms with Gasteiger partial charge in [-0.1, -0.05) is 0 Å². The summed E-state index contributed by atoms with van der Waals surface area (Å²) in [4.78, 5) is 18.3. The van der Waals surface area contributed by atoms with E-state index in [1.807, 2.05) is 44.9 Å². The molecule has 1 atom stereocenters. The van der Waals surface area contributed by atoms with Crippen molar-refractivity contribution in [1.82, 2.24) is 9.88 Å². The van der Waals surface area contributed by atoms with Crippen LogP contribution in [0.3, 0.4) is 0 Å². The molecule has 2 heterocycles. The third-order valence-corrected chi connectivity index (χ3v) is 3.66. The number of hydrogen-bond donors (Lipinski definition) is 1. The molecule has 122 valence electrons. The molecule has 1 aromatic heterocycles. The van der Waals surface area contributed by atoms with E-state index in [0.29, 0.717) is 6.04 Å². The fourth-order valence-electron chi connectivity index (χ4n) is 2.54. The van der Waals surface area contributed by atoms with E-state index in [-0.39, 0.29) is 6.09 Å². The van der Waals surface area contributed by atoms with Gasteiger partial charge >= 0.3 is 6.09 Å². The molecule has 1 N–H and O–H groups in total. The standard InChI is InChI=1S/C17H27N3O2/c1-13-7-8-15(12-18-13)19-14-6-5-10-20(11-9-14)16(21)22-17(2,3)4/h7-8,12,14,19H,5-6,9-11H2,1-4H3. The van der Waals surface area contributed by atoms with Gasteiger partial charge in [0.2, 0.25) is 0 Å². The topological polar surface area (TPSA) is 54.5 Å². The second-order valence-electron chi connectivity index (χ2n) is 6.93. The zero-order chi connectivity index (χ0) is 16.2. The number of aryl methyl sites for hydroxylation is 1. The Bertz CT molecular complexity index is 494. The van der Waals surface area contributed by atoms with E-state index in [1.54, 1.807) is 0 Å². The second kappa shape index (κ2) is 6.99. The summed E-state index contributed by atoms with van der Waals surface area (Å²) in [6, 6.07) is 4.43. The summed E-state index contributed by atoms with van der Waals surface area (Å²) in [5.41, 5.74) is 1.62. The molecule has 22 heavy (non-hydrogen) atoms. The van der Waals surface area contributed by atoms with Crippen LogP contribution in [0.25, 0.3) is 0 Å². The molecule has 0 bridgehead atoms. The molecule has 0 radical (unpaired) electrons. The summed E-state index contributed by atoms with van der Waals surface area (Å²) in [6.07, 6.45) is 4.62. The van der Waals surface area contributed by atoms with Gasteiger partial charge in [-0.3, -0.25) is 4.98 Å². The Kier molecular flexibility index (Phi) is 5.27. The first-order valence-corrected chi connectivity index (χ1v) is 8.00. The van der Waals surface area contributed by atoms with Crippen LogP contribution in [0.4, 0.5) is 10.5 Å². The Morgan fingerprint density at radius 1 is 1.32 bits per heavy atom. The summed E-state index contributed by atoms with van der Waals surface area (Å²) >= 11 is 0. The average Bonchev–Trinajstić information content (AvgIpc) is 2.65. The molecule has 1 fully saturated rings. The highest BCUT2D eigenvalue weighted by atomic mass is 16.6. The van der Waals surface area contributed by atoms with Crippen molar-refractivity contribution in [3.8, 4) is 0 Å². The quantitative estimate of drug-likeness (QED) is 0.907. The Labute approximate surface area is 133 Å². The van der Waals surface area contributed by atoms with Crippen LogP contribution >= 0.6 is 0 Å². The molecule has 0 aliphatic carbocycles. The highest BCUT2D eigenvalue weighted by Gasteiger charge is 2.25. The number of carbonyl (C=O) groups excluding carboxylic acids is 1. The van der Waals surface area contributed by atoms with Crippen LogP contribution in [0.1, 0.15) is 45.7 Å². The molecule has 5 heteroatoms. The van der Waals surface area contributed by atoms with Gasteiger partial charge in [0.25, 0.3) is 0 Å². The molecule has 2 rings (SSSR count). The minimum atomic E-state index is -0.436. The average molecular weight is 305 g/mol. The normalized spacial score (nSPS) is 19.5. The number of pyridine rings is 1. The zero-order valence-corrected chi connectivity index (χ0v) is 14.1. The maximum absolute atomic E-state index is 12.1. The number of carbonyl (C=O) groups is 1. The largest absolute Gasteiger partial charge is 0.444 e. The van der Waals surface area contributed by atoms with E-state index in [4.69, 9.17) is 4.74 Å². The van der Waals surface area contributed by atoms with E-state index < -0.39 is 5.60 Å². The lowest BCUT2D eigenvalue weighted by molar-refractivity contribution is 0.0256. The highest BCUT2D eigenvalue weighted by molar-refractivity contribution is 5.68. The Balaban J connectivity index is 1.87. The van der Waals surface area contributed by atoms with Crippen LogP contribution in [0.5, 0.6) is 0 Å². The van der Waals surface area contributed by atoms with Crippen molar-refractivity contribution in [3.05, 3.63) is 24.0 Å². The zero-order valence-electron chi connectivity index (χ0n) is 14.1. The van der Waals surface area contributed by atoms with Gasteiger partial charge < -0.3 is 15.0 Å². The predicted octanol–water partition coefficient (Wildman–Crippen LogP) is 3.59. The van der Waals surface area contributed by atoms with Gasteiger partial charge in [-0.2, -0.15) is 0 Å². The summed E-state index contributed by atoms with van der Waals surface area (Å²) < 4.78 is 5.46. The number of anilines is 1. The first kappa shape index (κ1) is 16.6. The summed E-state index contributed by atoms with van der Waals surface area (Å²) in [6.45, 7) is 9.17. The van der Waals surface area contributed by atoms with Crippen LogP contribution in [0.2, 0.25) is 0 Å². The number of ether oxygens (including phenoxy) is 1. The van der Waals surface area contributed by atoms with Crippen molar-refractivity contribution < 1.29 is 9.53 Å². The number of likely N-dealkylation sites (tertiary alicyclic amines) is 1. The van der Waals surface area contributed by atoms with Gasteiger partial charge in [-0.25, -0.2) is 4.79 Å². The fourth-order valence-corrected chi connectivity index (χ4v) is 2.54. The monoisotopic (exact) mass is 305 g/mol. The van der Waals surface area contributed by atoms with Crippen LogP contribution < -0.4 is 5.32 Å². The molecule has 1 unspecified atom stereocenters. The van der Waals surface area contributed by atoms with Gasteiger partial charge in [0.05, 0.1) is 11.9 Å². The van der Waals surface area contributed by atoms with Crippen LogP contribution in [0.15, 0.2) is 18.3 Å². The molecule has 5 nitrogen and oxygen atoms in total. The molecule has 0 spiro atoms. The molecule has 1 amide bonds. The Hall–Kier alpha value is -1.78. The summed E-state index contributed by atoms with van der Waals surface area (Å²) in [5.74, 6) is 0. The third-order valence-electron chi connectivity index (χ3n) is 3.66. The van der Waals surface area contributed by atoms with Crippen molar-refractivity contribution in [2.24, 2.45) is 0 Å². The fraction of sp³-hybridized carbons (Fsp3) is 0.647. The van der Waals surface area contributed by atoms with Crippen LogP contribution in [0, 0.1) is 6.92 Å². The Morgan fingerprint density at radius 3 is 2.73 bits per heavy atom. The van der Waals surface area contributed by atoms with E-state index >= 15 is 0 Å². The number of nitrogens with one attached hydrogen (secondary N) is 1. The smallest absolute Gasteiger partial charge is 0.410 e. The van der Waals surface area contributed by atoms with Crippen molar-refractivity contribution in [3.63, 3.8) is 0 Å². The maximum atomic E-state index is 12.1. The van der Waals surface area contributed by atoms with Crippen molar-refractivity contribution >= 4 is 11.8 Å². The maximum Gasteiger partial charge on any atom is 0.410 e. The van der Waals surface area contributed by atoms with Crippen molar-refractivity contribution in [2.75, 3.05) is 18.4 Å². The number of hydrogen-bond acceptors (Lipinski definition) is 4. The molecule has 0 aromatic carbocycles. The van der Waals surface area contributed by atoms with Gasteiger partial charge in [0.1, 0.15) is 5.60 Å². The van der Waals surface area contributed by atoms with Crippen molar-refractivity contribution in [1.29, 1.82) is 0 Å². The van der Waals surface area contributed by atoms with Crippen LogP contribution in [-0.2, 0) is 4.74 Å².